The lowest BCUT2D eigenvalue weighted by Crippen LogP contribution is -2.47. The topological polar surface area (TPSA) is 29.1 Å². The highest BCUT2D eigenvalue weighted by molar-refractivity contribution is 5.82. The Kier molecular flexibility index (Phi) is 3.25. The van der Waals surface area contributed by atoms with E-state index >= 15 is 0 Å². The number of carbonyl (C=O) groups is 1. The van der Waals surface area contributed by atoms with Crippen molar-refractivity contribution in [3.63, 3.8) is 0 Å². The predicted octanol–water partition coefficient (Wildman–Crippen LogP) is 3.06. The van der Waals surface area contributed by atoms with Crippen LogP contribution in [0.3, 0.4) is 0 Å². The number of carbonyl (C=O) groups excluding carboxylic acids is 1. The van der Waals surface area contributed by atoms with Crippen molar-refractivity contribution in [2.24, 2.45) is 11.3 Å². The van der Waals surface area contributed by atoms with Crippen molar-refractivity contribution in [3.8, 4) is 0 Å². The van der Waals surface area contributed by atoms with Gasteiger partial charge in [-0.3, -0.25) is 4.79 Å². The molecule has 2 atom stereocenters. The third kappa shape index (κ3) is 2.29. The van der Waals surface area contributed by atoms with Gasteiger partial charge in [-0.15, -0.1) is 0 Å². The quantitative estimate of drug-likeness (QED) is 0.757. The second-order valence-electron chi connectivity index (χ2n) is 6.54. The summed E-state index contributed by atoms with van der Waals surface area (Å²) in [5.74, 6) is 0.907. The predicted molar refractivity (Wildman–Crippen MR) is 68.9 cm³/mol. The molecule has 3 rings (SSSR count). The van der Waals surface area contributed by atoms with E-state index in [4.69, 9.17) is 0 Å². The van der Waals surface area contributed by atoms with Crippen LogP contribution in [0.15, 0.2) is 0 Å². The number of ketones is 1. The summed E-state index contributed by atoms with van der Waals surface area (Å²) >= 11 is 0. The summed E-state index contributed by atoms with van der Waals surface area (Å²) in [6.45, 7) is 1.13. The van der Waals surface area contributed by atoms with E-state index in [2.05, 4.69) is 5.32 Å². The molecular formula is C15H25NO. The zero-order chi connectivity index (χ0) is 11.7. The van der Waals surface area contributed by atoms with Crippen LogP contribution < -0.4 is 5.32 Å². The Morgan fingerprint density at radius 2 is 1.88 bits per heavy atom. The van der Waals surface area contributed by atoms with Crippen LogP contribution in [0, 0.1) is 11.3 Å². The largest absolute Gasteiger partial charge is 0.313 e. The molecule has 2 aliphatic carbocycles. The van der Waals surface area contributed by atoms with E-state index in [1.54, 1.807) is 0 Å². The van der Waals surface area contributed by atoms with Gasteiger partial charge in [0.05, 0.1) is 0 Å². The van der Waals surface area contributed by atoms with Gasteiger partial charge in [0.1, 0.15) is 5.78 Å². The molecule has 1 heterocycles. The zero-order valence-electron chi connectivity index (χ0n) is 10.8. The van der Waals surface area contributed by atoms with Crippen LogP contribution in [-0.4, -0.2) is 18.4 Å². The molecule has 0 aromatic heterocycles. The smallest absolute Gasteiger partial charge is 0.137 e. The Hall–Kier alpha value is -0.370. The molecule has 2 saturated carbocycles. The van der Waals surface area contributed by atoms with E-state index in [0.29, 0.717) is 23.2 Å². The van der Waals surface area contributed by atoms with Crippen LogP contribution in [-0.2, 0) is 4.79 Å². The average Bonchev–Trinajstić information content (AvgIpc) is 2.82. The lowest BCUT2D eigenvalue weighted by Gasteiger charge is -2.41. The third-order valence-corrected chi connectivity index (χ3v) is 5.47. The van der Waals surface area contributed by atoms with Crippen molar-refractivity contribution in [1.29, 1.82) is 0 Å². The molecule has 3 fully saturated rings. The average molecular weight is 235 g/mol. The van der Waals surface area contributed by atoms with Gasteiger partial charge >= 0.3 is 0 Å². The highest BCUT2D eigenvalue weighted by atomic mass is 16.1. The Labute approximate surface area is 105 Å². The van der Waals surface area contributed by atoms with Gasteiger partial charge in [-0.05, 0) is 50.5 Å². The minimum absolute atomic E-state index is 0.349. The molecule has 0 aromatic carbocycles. The maximum absolute atomic E-state index is 12.2. The lowest BCUT2D eigenvalue weighted by atomic mass is 9.65. The van der Waals surface area contributed by atoms with Crippen LogP contribution in [0.2, 0.25) is 0 Å². The molecule has 3 aliphatic rings. The molecule has 96 valence electrons. The summed E-state index contributed by atoms with van der Waals surface area (Å²) in [6, 6.07) is 0.508. The summed E-state index contributed by atoms with van der Waals surface area (Å²) in [7, 11) is 0. The normalized spacial score (nSPS) is 37.5. The van der Waals surface area contributed by atoms with Gasteiger partial charge in [-0.2, -0.15) is 0 Å². The monoisotopic (exact) mass is 235 g/mol. The van der Waals surface area contributed by atoms with Gasteiger partial charge in [0.2, 0.25) is 0 Å². The lowest BCUT2D eigenvalue weighted by molar-refractivity contribution is -0.129. The molecule has 1 spiro atoms. The Balaban J connectivity index is 1.70. The van der Waals surface area contributed by atoms with E-state index < -0.39 is 0 Å². The first kappa shape index (κ1) is 11.7. The van der Waals surface area contributed by atoms with E-state index in [9.17, 15) is 4.79 Å². The Morgan fingerprint density at radius 3 is 2.59 bits per heavy atom. The Morgan fingerprint density at radius 1 is 1.06 bits per heavy atom. The van der Waals surface area contributed by atoms with Crippen LogP contribution in [0.4, 0.5) is 0 Å². The fourth-order valence-corrected chi connectivity index (χ4v) is 4.42. The zero-order valence-corrected chi connectivity index (χ0v) is 10.8. The van der Waals surface area contributed by atoms with Crippen LogP contribution >= 0.6 is 0 Å². The molecule has 1 aliphatic heterocycles. The first-order valence-corrected chi connectivity index (χ1v) is 7.55. The molecule has 0 aromatic rings. The maximum atomic E-state index is 12.2. The molecule has 17 heavy (non-hydrogen) atoms. The number of piperidine rings is 1. The molecular weight excluding hydrogens is 210 g/mol. The summed E-state index contributed by atoms with van der Waals surface area (Å²) in [5, 5.41) is 3.60. The first-order chi connectivity index (χ1) is 8.29. The van der Waals surface area contributed by atoms with Crippen LogP contribution in [0.25, 0.3) is 0 Å². The first-order valence-electron chi connectivity index (χ1n) is 7.55. The third-order valence-electron chi connectivity index (χ3n) is 5.47. The van der Waals surface area contributed by atoms with E-state index in [1.165, 1.54) is 57.8 Å². The van der Waals surface area contributed by atoms with Crippen LogP contribution in [0.5, 0.6) is 0 Å². The van der Waals surface area contributed by atoms with Gasteiger partial charge in [0, 0.05) is 18.4 Å². The molecule has 1 saturated heterocycles. The molecule has 0 bridgehead atoms. The van der Waals surface area contributed by atoms with Crippen molar-refractivity contribution in [1.82, 2.24) is 5.32 Å². The maximum Gasteiger partial charge on any atom is 0.137 e. The highest BCUT2D eigenvalue weighted by Gasteiger charge is 2.44. The fourth-order valence-electron chi connectivity index (χ4n) is 4.42. The van der Waals surface area contributed by atoms with Gasteiger partial charge in [0.25, 0.3) is 0 Å². The van der Waals surface area contributed by atoms with E-state index in [1.807, 2.05) is 0 Å². The van der Waals surface area contributed by atoms with Crippen molar-refractivity contribution >= 4 is 5.78 Å². The van der Waals surface area contributed by atoms with Crippen molar-refractivity contribution in [2.75, 3.05) is 6.54 Å². The molecule has 2 nitrogen and oxygen atoms in total. The minimum atomic E-state index is 0.349. The number of rotatable bonds is 1. The summed E-state index contributed by atoms with van der Waals surface area (Å²) in [6.07, 6.45) is 12.7. The Bertz CT molecular complexity index is 287. The van der Waals surface area contributed by atoms with E-state index in [-0.39, 0.29) is 0 Å². The molecule has 2 heteroatoms. The van der Waals surface area contributed by atoms with Crippen LogP contribution in [0.1, 0.15) is 64.2 Å². The summed E-state index contributed by atoms with van der Waals surface area (Å²) in [4.78, 5) is 12.2. The molecule has 2 unspecified atom stereocenters. The van der Waals surface area contributed by atoms with Crippen molar-refractivity contribution in [3.05, 3.63) is 0 Å². The second-order valence-corrected chi connectivity index (χ2v) is 6.54. The molecule has 1 N–H and O–H groups in total. The number of nitrogens with one attached hydrogen (secondary N) is 1. The van der Waals surface area contributed by atoms with Crippen molar-refractivity contribution < 1.29 is 4.79 Å². The molecule has 0 amide bonds. The highest BCUT2D eigenvalue weighted by Crippen LogP contribution is 2.50. The fraction of sp³-hybridized carbons (Fsp3) is 0.933. The van der Waals surface area contributed by atoms with Crippen molar-refractivity contribution in [2.45, 2.75) is 70.3 Å². The molecule has 0 radical (unpaired) electrons. The van der Waals surface area contributed by atoms with E-state index in [0.717, 1.165) is 13.0 Å². The standard InChI is InChI=1S/C15H25NO/c17-14-6-9-15(7-2-3-8-15)11-12(14)13-5-1-4-10-16-13/h12-13,16H,1-11H2. The van der Waals surface area contributed by atoms with Gasteiger partial charge in [-0.25, -0.2) is 0 Å². The summed E-state index contributed by atoms with van der Waals surface area (Å²) < 4.78 is 0. The van der Waals surface area contributed by atoms with Gasteiger partial charge in [-0.1, -0.05) is 19.3 Å². The SMILES string of the molecule is O=C1CCC2(CCCC2)CC1C1CCCCN1. The number of hydrogen-bond acceptors (Lipinski definition) is 2. The number of Topliss-reactive ketones (excluding diaryl/α,β-unsaturated/α-hetero) is 1. The number of hydrogen-bond donors (Lipinski definition) is 1. The minimum Gasteiger partial charge on any atom is -0.313 e. The second kappa shape index (κ2) is 4.72. The van der Waals surface area contributed by atoms with Gasteiger partial charge < -0.3 is 5.32 Å². The summed E-state index contributed by atoms with van der Waals surface area (Å²) in [5.41, 5.74) is 0.567. The van der Waals surface area contributed by atoms with Gasteiger partial charge in [0.15, 0.2) is 0 Å².